The summed E-state index contributed by atoms with van der Waals surface area (Å²) in [6.45, 7) is 8.08. The summed E-state index contributed by atoms with van der Waals surface area (Å²) in [7, 11) is 9.53. The van der Waals surface area contributed by atoms with Crippen LogP contribution in [0.1, 0.15) is 36.4 Å². The molecule has 8 heteroatoms. The fourth-order valence-electron chi connectivity index (χ4n) is 2.80. The molecule has 1 heterocycles. The van der Waals surface area contributed by atoms with E-state index in [2.05, 4.69) is 57.8 Å². The van der Waals surface area contributed by atoms with Gasteiger partial charge in [-0.1, -0.05) is 37.9 Å². The van der Waals surface area contributed by atoms with Crippen molar-refractivity contribution in [3.63, 3.8) is 0 Å². The molecule has 0 amide bonds. The maximum absolute atomic E-state index is 4.78. The number of hydrogen-bond donors (Lipinski definition) is 0. The van der Waals surface area contributed by atoms with Crippen molar-refractivity contribution in [3.05, 3.63) is 86.1 Å². The molecule has 0 aliphatic heterocycles. The van der Waals surface area contributed by atoms with E-state index in [1.54, 1.807) is 0 Å². The fraction of sp³-hybridized carbons (Fsp3) is 0.174. The second kappa shape index (κ2) is 12.9. The van der Waals surface area contributed by atoms with Gasteiger partial charge < -0.3 is 0 Å². The van der Waals surface area contributed by atoms with Gasteiger partial charge in [0, 0.05) is 8.95 Å². The third-order valence-electron chi connectivity index (χ3n) is 4.38. The first-order valence-corrected chi connectivity index (χ1v) is 13.8. The SMILES string of the molecule is CC(=Nc1ccc(Br)cc1C)c1cccc(C(C)=Nc2ccc(Br)cc2C)n1.[Cl][Fe][Cl]. The van der Waals surface area contributed by atoms with Crippen LogP contribution in [0.15, 0.2) is 73.5 Å². The third-order valence-corrected chi connectivity index (χ3v) is 5.37. The van der Waals surface area contributed by atoms with Gasteiger partial charge in [-0.15, -0.1) is 0 Å². The van der Waals surface area contributed by atoms with Gasteiger partial charge in [-0.2, -0.15) is 0 Å². The van der Waals surface area contributed by atoms with Crippen LogP contribution in [0, 0.1) is 13.8 Å². The summed E-state index contributed by atoms with van der Waals surface area (Å²) in [6.07, 6.45) is 0. The van der Waals surface area contributed by atoms with Crippen molar-refractivity contribution in [3.8, 4) is 0 Å². The number of aromatic nitrogens is 1. The Balaban J connectivity index is 0.00000107. The second-order valence-corrected chi connectivity index (χ2v) is 10.4. The molecule has 164 valence electrons. The number of aliphatic imine (C=N–C) groups is 2. The molecule has 0 N–H and O–H groups in total. The number of pyridine rings is 1. The van der Waals surface area contributed by atoms with Gasteiger partial charge in [-0.25, -0.2) is 4.98 Å². The molecule has 0 aliphatic carbocycles. The van der Waals surface area contributed by atoms with Gasteiger partial charge in [-0.05, 0) is 87.4 Å². The van der Waals surface area contributed by atoms with E-state index in [1.165, 1.54) is 0 Å². The molecule has 31 heavy (non-hydrogen) atoms. The summed E-state index contributed by atoms with van der Waals surface area (Å²) in [5.41, 5.74) is 7.58. The van der Waals surface area contributed by atoms with Gasteiger partial charge in [-0.3, -0.25) is 9.98 Å². The van der Waals surface area contributed by atoms with E-state index in [4.69, 9.17) is 35.2 Å². The molecular weight excluding hydrogens is 605 g/mol. The number of aryl methyl sites for hydroxylation is 2. The van der Waals surface area contributed by atoms with Crippen molar-refractivity contribution >= 4 is 74.9 Å². The Morgan fingerprint density at radius 3 is 1.52 bits per heavy atom. The van der Waals surface area contributed by atoms with E-state index < -0.39 is 0 Å². The monoisotopic (exact) mass is 623 g/mol. The van der Waals surface area contributed by atoms with E-state index in [0.717, 1.165) is 54.3 Å². The second-order valence-electron chi connectivity index (χ2n) is 6.71. The van der Waals surface area contributed by atoms with E-state index in [9.17, 15) is 0 Å². The molecule has 0 saturated carbocycles. The van der Waals surface area contributed by atoms with Crippen molar-refractivity contribution in [2.45, 2.75) is 27.7 Å². The van der Waals surface area contributed by atoms with Gasteiger partial charge in [0.05, 0.1) is 34.2 Å². The molecule has 3 rings (SSSR count). The molecule has 3 nitrogen and oxygen atoms in total. The molecular formula is C23H21Br2Cl2FeN3. The molecule has 0 bridgehead atoms. The van der Waals surface area contributed by atoms with Crippen LogP contribution in [0.25, 0.3) is 0 Å². The molecule has 0 fully saturated rings. The van der Waals surface area contributed by atoms with Gasteiger partial charge in [0.25, 0.3) is 0 Å². The van der Waals surface area contributed by atoms with Crippen molar-refractivity contribution in [2.24, 2.45) is 9.98 Å². The summed E-state index contributed by atoms with van der Waals surface area (Å²) < 4.78 is 2.11. The first-order chi connectivity index (χ1) is 14.7. The first kappa shape index (κ1) is 26.2. The van der Waals surface area contributed by atoms with Gasteiger partial charge in [0.15, 0.2) is 0 Å². The molecule has 0 atom stereocenters. The summed E-state index contributed by atoms with van der Waals surface area (Å²) in [4.78, 5) is 14.3. The Labute approximate surface area is 215 Å². The van der Waals surface area contributed by atoms with Crippen LogP contribution in [0.5, 0.6) is 0 Å². The number of hydrogen-bond acceptors (Lipinski definition) is 3. The molecule has 0 spiro atoms. The van der Waals surface area contributed by atoms with Crippen LogP contribution in [-0.2, 0) is 13.1 Å². The average molecular weight is 626 g/mol. The molecule has 3 aromatic rings. The Morgan fingerprint density at radius 1 is 0.774 bits per heavy atom. The van der Waals surface area contributed by atoms with Crippen molar-refractivity contribution in [1.82, 2.24) is 4.98 Å². The molecule has 0 aliphatic rings. The minimum atomic E-state index is 0.194. The van der Waals surface area contributed by atoms with Crippen molar-refractivity contribution in [2.75, 3.05) is 0 Å². The fourth-order valence-corrected chi connectivity index (χ4v) is 3.75. The van der Waals surface area contributed by atoms with Crippen LogP contribution < -0.4 is 0 Å². The van der Waals surface area contributed by atoms with Gasteiger partial charge in [0.2, 0.25) is 0 Å². The quantitative estimate of drug-likeness (QED) is 0.211. The molecule has 1 aromatic heterocycles. The Kier molecular flexibility index (Phi) is 10.9. The minimum absolute atomic E-state index is 0.194. The molecule has 0 saturated heterocycles. The number of rotatable bonds is 4. The predicted molar refractivity (Wildman–Crippen MR) is 137 cm³/mol. The van der Waals surface area contributed by atoms with E-state index in [-0.39, 0.29) is 13.1 Å². The summed E-state index contributed by atoms with van der Waals surface area (Å²) in [5, 5.41) is 0. The number of halogens is 4. The van der Waals surface area contributed by atoms with Gasteiger partial charge in [0.1, 0.15) is 0 Å². The molecule has 0 radical (unpaired) electrons. The van der Waals surface area contributed by atoms with Crippen LogP contribution in [0.2, 0.25) is 0 Å². The normalized spacial score (nSPS) is 11.9. The molecule has 2 aromatic carbocycles. The predicted octanol–water partition coefficient (Wildman–Crippen LogP) is 8.88. The average Bonchev–Trinajstić information content (AvgIpc) is 2.72. The Morgan fingerprint density at radius 2 is 1.16 bits per heavy atom. The van der Waals surface area contributed by atoms with Gasteiger partial charge >= 0.3 is 33.3 Å². The zero-order chi connectivity index (χ0) is 23.0. The van der Waals surface area contributed by atoms with Crippen LogP contribution in [-0.4, -0.2) is 16.4 Å². The first-order valence-electron chi connectivity index (χ1n) is 9.21. The summed E-state index contributed by atoms with van der Waals surface area (Å²) >= 11 is 7.18. The topological polar surface area (TPSA) is 37.6 Å². The Bertz CT molecular complexity index is 1030. The third kappa shape index (κ3) is 8.12. The maximum atomic E-state index is 4.78. The van der Waals surface area contributed by atoms with Crippen molar-refractivity contribution < 1.29 is 13.1 Å². The van der Waals surface area contributed by atoms with Crippen LogP contribution in [0.3, 0.4) is 0 Å². The van der Waals surface area contributed by atoms with E-state index in [0.29, 0.717) is 0 Å². The molecule has 0 unspecified atom stereocenters. The van der Waals surface area contributed by atoms with Crippen molar-refractivity contribution in [1.29, 1.82) is 0 Å². The van der Waals surface area contributed by atoms with E-state index >= 15 is 0 Å². The number of benzene rings is 2. The van der Waals surface area contributed by atoms with Crippen LogP contribution >= 0.6 is 52.1 Å². The standard InChI is InChI=1S/C23H21Br2N3.2ClH.Fe/c1-14-12-18(24)8-10-20(14)26-16(3)22-6-5-7-23(28-22)17(4)27-21-11-9-19(25)13-15(21)2;;;/h5-13H,1-4H3;2*1H;/q;;;+2/p-2. The zero-order valence-electron chi connectivity index (χ0n) is 17.4. The Hall–Kier alpha value is -1.01. The summed E-state index contributed by atoms with van der Waals surface area (Å²) in [5.74, 6) is 0. The number of nitrogens with zero attached hydrogens (tertiary/aromatic N) is 3. The zero-order valence-corrected chi connectivity index (χ0v) is 23.2. The summed E-state index contributed by atoms with van der Waals surface area (Å²) in [6, 6.07) is 18.1. The van der Waals surface area contributed by atoms with E-state index in [1.807, 2.05) is 56.3 Å². The van der Waals surface area contributed by atoms with Crippen LogP contribution in [0.4, 0.5) is 11.4 Å².